The van der Waals surface area contributed by atoms with Crippen LogP contribution in [0.2, 0.25) is 10.0 Å². The van der Waals surface area contributed by atoms with Gasteiger partial charge in [-0.3, -0.25) is 4.98 Å². The number of carboxylic acid groups (broad SMARTS) is 1. The van der Waals surface area contributed by atoms with E-state index in [9.17, 15) is 19.4 Å². The molecule has 4 aromatic rings. The van der Waals surface area contributed by atoms with Crippen LogP contribution in [-0.4, -0.2) is 50.3 Å². The zero-order valence-electron chi connectivity index (χ0n) is 19.2. The molecule has 2 aromatic heterocycles. The maximum Gasteiger partial charge on any atom is 0.407 e. The summed E-state index contributed by atoms with van der Waals surface area (Å²) in [6, 6.07) is 9.28. The van der Waals surface area contributed by atoms with Crippen molar-refractivity contribution in [3.63, 3.8) is 0 Å². The zero-order chi connectivity index (χ0) is 26.3. The number of fused-ring (bicyclic) bond motifs is 1. The van der Waals surface area contributed by atoms with Crippen LogP contribution in [0.3, 0.4) is 0 Å². The van der Waals surface area contributed by atoms with Crippen LogP contribution in [-0.2, 0) is 0 Å². The summed E-state index contributed by atoms with van der Waals surface area (Å²) >= 11 is 13.0. The number of benzene rings is 2. The quantitative estimate of drug-likeness (QED) is 0.291. The molecule has 3 heterocycles. The van der Waals surface area contributed by atoms with Crippen LogP contribution >= 0.6 is 23.2 Å². The summed E-state index contributed by atoms with van der Waals surface area (Å²) in [6.45, 7) is 0.386. The van der Waals surface area contributed by atoms with Crippen molar-refractivity contribution in [1.82, 2.24) is 14.9 Å². The largest absolute Gasteiger partial charge is 0.504 e. The van der Waals surface area contributed by atoms with Crippen molar-refractivity contribution in [2.24, 2.45) is 0 Å². The summed E-state index contributed by atoms with van der Waals surface area (Å²) in [7, 11) is 0. The number of pyridine rings is 2. The Kier molecular flexibility index (Phi) is 6.74. The van der Waals surface area contributed by atoms with Crippen molar-refractivity contribution in [3.05, 3.63) is 76.5 Å². The van der Waals surface area contributed by atoms with Gasteiger partial charge in [0.25, 0.3) is 0 Å². The highest BCUT2D eigenvalue weighted by molar-refractivity contribution is 6.40. The average molecular weight is 545 g/mol. The van der Waals surface area contributed by atoms with Gasteiger partial charge in [-0.1, -0.05) is 29.3 Å². The molecule has 190 valence electrons. The summed E-state index contributed by atoms with van der Waals surface area (Å²) in [5, 5.41) is 22.2. The van der Waals surface area contributed by atoms with Crippen LogP contribution in [0.4, 0.5) is 25.1 Å². The molecule has 1 fully saturated rings. The number of anilines is 2. The smallest absolute Gasteiger partial charge is 0.407 e. The summed E-state index contributed by atoms with van der Waals surface area (Å²) in [5.74, 6) is -1.93. The Morgan fingerprint density at radius 2 is 1.76 bits per heavy atom. The number of aromatic hydroxyl groups is 1. The molecule has 0 bridgehead atoms. The molecule has 1 aliphatic rings. The lowest BCUT2D eigenvalue weighted by molar-refractivity contribution is 0.132. The molecule has 0 atom stereocenters. The van der Waals surface area contributed by atoms with E-state index < -0.39 is 23.8 Å². The Morgan fingerprint density at radius 1 is 1.05 bits per heavy atom. The maximum absolute atomic E-state index is 15.2. The lowest BCUT2D eigenvalue weighted by Gasteiger charge is -2.39. The van der Waals surface area contributed by atoms with Gasteiger partial charge in [0, 0.05) is 47.9 Å². The number of hydrogen-bond donors (Lipinski definition) is 2. The first-order chi connectivity index (χ1) is 17.8. The van der Waals surface area contributed by atoms with Gasteiger partial charge in [0.15, 0.2) is 11.6 Å². The highest BCUT2D eigenvalue weighted by atomic mass is 35.5. The number of carbonyl (C=O) groups is 1. The molecule has 7 nitrogen and oxygen atoms in total. The number of piperidine rings is 1. The second-order valence-corrected chi connectivity index (χ2v) is 9.43. The number of nitrogens with zero attached hydrogens (tertiary/aromatic N) is 4. The number of likely N-dealkylation sites (tertiary alicyclic amines) is 1. The van der Waals surface area contributed by atoms with Gasteiger partial charge in [0.2, 0.25) is 0 Å². The monoisotopic (exact) mass is 544 g/mol. The van der Waals surface area contributed by atoms with Crippen molar-refractivity contribution < 1.29 is 23.8 Å². The van der Waals surface area contributed by atoms with E-state index in [-0.39, 0.29) is 46.0 Å². The Bertz CT molecular complexity index is 1490. The van der Waals surface area contributed by atoms with Gasteiger partial charge in [0.05, 0.1) is 27.4 Å². The predicted molar refractivity (Wildman–Crippen MR) is 138 cm³/mol. The molecule has 0 aliphatic carbocycles. The van der Waals surface area contributed by atoms with Gasteiger partial charge in [-0.05, 0) is 43.2 Å². The molecule has 2 aromatic carbocycles. The van der Waals surface area contributed by atoms with Crippen molar-refractivity contribution in [1.29, 1.82) is 0 Å². The fourth-order valence-corrected chi connectivity index (χ4v) is 5.31. The lowest BCUT2D eigenvalue weighted by Crippen LogP contribution is -2.45. The fraction of sp³-hybridized carbons (Fsp3) is 0.192. The van der Waals surface area contributed by atoms with Gasteiger partial charge in [0.1, 0.15) is 11.6 Å². The number of hydrogen-bond acceptors (Lipinski definition) is 5. The maximum atomic E-state index is 15.2. The van der Waals surface area contributed by atoms with E-state index in [0.717, 1.165) is 12.1 Å². The summed E-state index contributed by atoms with van der Waals surface area (Å²) in [5.41, 5.74) is 1.02. The fourth-order valence-electron chi connectivity index (χ4n) is 4.73. The second-order valence-electron chi connectivity index (χ2n) is 8.62. The SMILES string of the molecule is O=C(O)N1CCC(N(c2ccc(F)cc2F)c2nc3cnccc3c(-c3c(Cl)cccc3Cl)c2O)CC1. The average Bonchev–Trinajstić information content (AvgIpc) is 2.87. The summed E-state index contributed by atoms with van der Waals surface area (Å²) < 4.78 is 29.0. The van der Waals surface area contributed by atoms with Crippen LogP contribution in [0.25, 0.3) is 22.0 Å². The third kappa shape index (κ3) is 4.60. The van der Waals surface area contributed by atoms with E-state index >= 15 is 4.39 Å². The first kappa shape index (κ1) is 25.0. The molecule has 0 unspecified atom stereocenters. The van der Waals surface area contributed by atoms with E-state index in [4.69, 9.17) is 23.2 Å². The molecule has 2 N–H and O–H groups in total. The lowest BCUT2D eigenvalue weighted by atomic mass is 9.98. The number of aromatic nitrogens is 2. The van der Waals surface area contributed by atoms with E-state index in [1.54, 1.807) is 24.3 Å². The highest BCUT2D eigenvalue weighted by Crippen LogP contribution is 2.48. The summed E-state index contributed by atoms with van der Waals surface area (Å²) in [6.07, 6.45) is 2.62. The van der Waals surface area contributed by atoms with E-state index in [2.05, 4.69) is 9.97 Å². The van der Waals surface area contributed by atoms with Crippen LogP contribution < -0.4 is 4.90 Å². The third-order valence-corrected chi connectivity index (χ3v) is 7.08. The molecule has 1 saturated heterocycles. The molecule has 5 rings (SSSR count). The molecule has 0 spiro atoms. The standard InChI is InChI=1S/C26H20Cl2F2N4O3/c27-17-2-1-3-18(28)23(17)22-16-6-9-31-13-20(16)32-25(24(22)35)34(21-5-4-14(29)12-19(21)30)15-7-10-33(11-8-15)26(36)37/h1-6,9,12-13,15,35H,7-8,10-11H2,(H,36,37). The van der Waals surface area contributed by atoms with Gasteiger partial charge in [-0.2, -0.15) is 0 Å². The van der Waals surface area contributed by atoms with Crippen LogP contribution in [0.1, 0.15) is 12.8 Å². The molecule has 37 heavy (non-hydrogen) atoms. The van der Waals surface area contributed by atoms with Gasteiger partial charge < -0.3 is 20.0 Å². The third-order valence-electron chi connectivity index (χ3n) is 6.45. The van der Waals surface area contributed by atoms with Gasteiger partial charge in [-0.15, -0.1) is 0 Å². The van der Waals surface area contributed by atoms with Gasteiger partial charge >= 0.3 is 6.09 Å². The Hall–Kier alpha value is -3.69. The minimum Gasteiger partial charge on any atom is -0.504 e. The first-order valence-electron chi connectivity index (χ1n) is 11.4. The zero-order valence-corrected chi connectivity index (χ0v) is 20.7. The van der Waals surface area contributed by atoms with Crippen molar-refractivity contribution in [2.75, 3.05) is 18.0 Å². The van der Waals surface area contributed by atoms with E-state index in [1.165, 1.54) is 28.3 Å². The van der Waals surface area contributed by atoms with E-state index in [0.29, 0.717) is 29.3 Å². The summed E-state index contributed by atoms with van der Waals surface area (Å²) in [4.78, 5) is 23.0. The van der Waals surface area contributed by atoms with Crippen molar-refractivity contribution in [2.45, 2.75) is 18.9 Å². The predicted octanol–water partition coefficient (Wildman–Crippen LogP) is 6.87. The topological polar surface area (TPSA) is 89.8 Å². The molecular formula is C26H20Cl2F2N4O3. The normalized spacial score (nSPS) is 14.2. The van der Waals surface area contributed by atoms with Gasteiger partial charge in [-0.25, -0.2) is 18.6 Å². The minimum atomic E-state index is -1.05. The molecule has 11 heteroatoms. The number of rotatable bonds is 4. The minimum absolute atomic E-state index is 0.00855. The molecular weight excluding hydrogens is 525 g/mol. The van der Waals surface area contributed by atoms with Crippen LogP contribution in [0.15, 0.2) is 54.9 Å². The molecule has 0 radical (unpaired) electrons. The molecule has 0 saturated carbocycles. The van der Waals surface area contributed by atoms with Crippen LogP contribution in [0, 0.1) is 11.6 Å². The second kappa shape index (κ2) is 9.99. The van der Waals surface area contributed by atoms with Crippen LogP contribution in [0.5, 0.6) is 5.75 Å². The Labute approximate surface area is 220 Å². The Balaban J connectivity index is 1.77. The van der Waals surface area contributed by atoms with Crippen molar-refractivity contribution >= 4 is 51.7 Å². The first-order valence-corrected chi connectivity index (χ1v) is 12.1. The number of amides is 1. The molecule has 1 aliphatic heterocycles. The number of halogens is 4. The molecule has 1 amide bonds. The highest BCUT2D eigenvalue weighted by Gasteiger charge is 2.33. The Morgan fingerprint density at radius 3 is 2.41 bits per heavy atom. The van der Waals surface area contributed by atoms with Crippen molar-refractivity contribution in [3.8, 4) is 16.9 Å². The van der Waals surface area contributed by atoms with E-state index in [1.807, 2.05) is 0 Å².